The van der Waals surface area contributed by atoms with Crippen LogP contribution >= 0.6 is 54.5 Å². The van der Waals surface area contributed by atoms with E-state index in [1.54, 1.807) is 111 Å². The number of aromatic nitrogens is 11. The van der Waals surface area contributed by atoms with E-state index in [0.717, 1.165) is 65.5 Å². The molecule has 11 aromatic rings. The Hall–Kier alpha value is -7.96. The Morgan fingerprint density at radius 2 is 0.933 bits per heavy atom. The molecule has 380 valence electrons. The van der Waals surface area contributed by atoms with Gasteiger partial charge >= 0.3 is 7.12 Å². The summed E-state index contributed by atoms with van der Waals surface area (Å²) in [5.41, 5.74) is 7.49. The molecule has 0 spiro atoms. The van der Waals surface area contributed by atoms with Gasteiger partial charge in [-0.1, -0.05) is 24.3 Å². The quantitative estimate of drug-likeness (QED) is 0.0784. The molecule has 0 fully saturated rings. The van der Waals surface area contributed by atoms with Crippen LogP contribution in [-0.4, -0.2) is 98.1 Å². The number of halogens is 3. The lowest BCUT2D eigenvalue weighted by Crippen LogP contribution is -2.29. The summed E-state index contributed by atoms with van der Waals surface area (Å²) >= 11 is 8.79. The second kappa shape index (κ2) is 30.3. The van der Waals surface area contributed by atoms with Crippen LogP contribution in [0.1, 0.15) is 0 Å². The summed E-state index contributed by atoms with van der Waals surface area (Å²) in [6.07, 6.45) is 24.7. The Balaban J connectivity index is 0.000000152. The zero-order chi connectivity index (χ0) is 53.2. The standard InChI is InChI=1S/C15H13N3O.C14H11N3O.C10H9BrN2O.C7H7IO.C5H6BNO2.C3H3BrN2/c1-19-15-4-2-3-14(9-15)18-11-13(10-17-18)12-5-7-16-8-6-12;18-14-3-1-2-13(8-14)17-10-12(9-16-17)11-4-6-15-7-5-11;1-14-10-4-2-3-9(5-10)13-7-8(11)6-12-13;1-9-7-4-2-3-6(8)5-7;8-6(9)5-1-3-7-4-2-5;4-3-1-5-6-2-3/h2-11H,1H3;1-10,18H;2-7H,1H3;2-5H,1H3;1-4,8-9H;1-2H,(H,5,6). The van der Waals surface area contributed by atoms with Gasteiger partial charge in [0.05, 0.1) is 72.1 Å². The minimum Gasteiger partial charge on any atom is -0.508 e. The molecule has 0 bridgehead atoms. The molecule has 0 saturated carbocycles. The molecule has 0 unspecified atom stereocenters. The summed E-state index contributed by atoms with van der Waals surface area (Å²) in [5, 5.41) is 45.7. The van der Waals surface area contributed by atoms with Crippen molar-refractivity contribution in [2.24, 2.45) is 0 Å². The van der Waals surface area contributed by atoms with Gasteiger partial charge in [0.15, 0.2) is 0 Å². The normalized spacial score (nSPS) is 9.92. The number of phenols is 1. The highest BCUT2D eigenvalue weighted by atomic mass is 127. The third-order valence-electron chi connectivity index (χ3n) is 9.97. The van der Waals surface area contributed by atoms with Crippen LogP contribution in [0.25, 0.3) is 39.3 Å². The third kappa shape index (κ3) is 18.8. The first-order chi connectivity index (χ1) is 36.5. The van der Waals surface area contributed by atoms with Crippen LogP contribution < -0.4 is 19.7 Å². The number of hydrogen-bond donors (Lipinski definition) is 4. The molecule has 7 heterocycles. The van der Waals surface area contributed by atoms with E-state index in [0.29, 0.717) is 5.46 Å². The van der Waals surface area contributed by atoms with Crippen LogP contribution in [0, 0.1) is 3.57 Å². The van der Waals surface area contributed by atoms with Crippen molar-refractivity contribution in [3.8, 4) is 62.3 Å². The average Bonchev–Trinajstić information content (AvgIpc) is 4.33. The number of rotatable bonds is 9. The van der Waals surface area contributed by atoms with Crippen LogP contribution in [0.5, 0.6) is 23.0 Å². The van der Waals surface area contributed by atoms with E-state index in [2.05, 4.69) is 94.9 Å². The summed E-state index contributed by atoms with van der Waals surface area (Å²) in [4.78, 5) is 11.7. The molecule has 0 aliphatic rings. The van der Waals surface area contributed by atoms with Crippen molar-refractivity contribution in [1.82, 2.24) is 54.5 Å². The predicted molar refractivity (Wildman–Crippen MR) is 306 cm³/mol. The average molecular weight is 1250 g/mol. The van der Waals surface area contributed by atoms with Crippen molar-refractivity contribution in [2.45, 2.75) is 0 Å². The van der Waals surface area contributed by atoms with Crippen molar-refractivity contribution in [1.29, 1.82) is 0 Å². The van der Waals surface area contributed by atoms with E-state index < -0.39 is 7.12 Å². The first-order valence-electron chi connectivity index (χ1n) is 22.4. The maximum absolute atomic E-state index is 9.45. The number of methoxy groups -OCH3 is 3. The Morgan fingerprint density at radius 1 is 0.493 bits per heavy atom. The highest BCUT2D eigenvalue weighted by Crippen LogP contribution is 2.23. The molecule has 17 nitrogen and oxygen atoms in total. The van der Waals surface area contributed by atoms with Gasteiger partial charge in [-0.05, 0) is 162 Å². The Kier molecular flexibility index (Phi) is 22.8. The molecule has 7 aromatic heterocycles. The van der Waals surface area contributed by atoms with Gasteiger partial charge in [-0.15, -0.1) is 0 Å². The van der Waals surface area contributed by atoms with E-state index in [9.17, 15) is 5.11 Å². The largest absolute Gasteiger partial charge is 0.508 e. The fourth-order valence-corrected chi connectivity index (χ4v) is 7.27. The second-order valence-electron chi connectivity index (χ2n) is 15.1. The number of nitrogens with one attached hydrogen (secondary N) is 1. The molecule has 75 heavy (non-hydrogen) atoms. The number of pyridine rings is 3. The van der Waals surface area contributed by atoms with Gasteiger partial charge in [0.25, 0.3) is 0 Å². The van der Waals surface area contributed by atoms with Crippen molar-refractivity contribution in [2.75, 3.05) is 21.3 Å². The number of aromatic amines is 1. The molecule has 0 aliphatic heterocycles. The number of aromatic hydroxyl groups is 1. The number of phenolic OH excluding ortho intramolecular Hbond substituents is 1. The monoisotopic (exact) mass is 1240 g/mol. The Morgan fingerprint density at radius 3 is 1.31 bits per heavy atom. The van der Waals surface area contributed by atoms with Crippen LogP contribution in [0.4, 0.5) is 0 Å². The number of ether oxygens (including phenoxy) is 3. The lowest BCUT2D eigenvalue weighted by atomic mass is 9.81. The fraction of sp³-hybridized carbons (Fsp3) is 0.0556. The van der Waals surface area contributed by atoms with E-state index in [4.69, 9.17) is 24.3 Å². The third-order valence-corrected chi connectivity index (χ3v) is 11.5. The summed E-state index contributed by atoms with van der Waals surface area (Å²) in [6, 6.07) is 41.3. The minimum absolute atomic E-state index is 0.230. The molecule has 0 amide bonds. The van der Waals surface area contributed by atoms with Crippen LogP contribution in [0.2, 0.25) is 0 Å². The Bertz CT molecular complexity index is 3360. The number of H-pyrrole nitrogens is 1. The van der Waals surface area contributed by atoms with Gasteiger partial charge in [-0.3, -0.25) is 20.1 Å². The van der Waals surface area contributed by atoms with Crippen molar-refractivity contribution in [3.05, 3.63) is 233 Å². The summed E-state index contributed by atoms with van der Waals surface area (Å²) in [6.45, 7) is 0. The second-order valence-corrected chi connectivity index (χ2v) is 18.2. The Labute approximate surface area is 464 Å². The van der Waals surface area contributed by atoms with Gasteiger partial charge in [-0.25, -0.2) is 14.0 Å². The number of nitrogens with zero attached hydrogens (tertiary/aromatic N) is 10. The topological polar surface area (TPSA) is 209 Å². The molecule has 0 saturated heterocycles. The van der Waals surface area contributed by atoms with E-state index in [-0.39, 0.29) is 5.75 Å². The van der Waals surface area contributed by atoms with Crippen LogP contribution in [0.15, 0.2) is 229 Å². The van der Waals surface area contributed by atoms with Gasteiger partial charge in [0, 0.05) is 94.9 Å². The molecule has 0 aliphatic carbocycles. The lowest BCUT2D eigenvalue weighted by molar-refractivity contribution is 0.414. The summed E-state index contributed by atoms with van der Waals surface area (Å²) < 4.78 is 23.8. The maximum atomic E-state index is 9.45. The molecule has 0 atom stereocenters. The minimum atomic E-state index is -1.38. The smallest absolute Gasteiger partial charge is 0.488 e. The molecular weight excluding hydrogens is 1200 g/mol. The van der Waals surface area contributed by atoms with Crippen molar-refractivity contribution >= 4 is 67.0 Å². The van der Waals surface area contributed by atoms with E-state index in [1.165, 1.54) is 16.0 Å². The highest BCUT2D eigenvalue weighted by Gasteiger charge is 2.08. The van der Waals surface area contributed by atoms with Crippen molar-refractivity contribution < 1.29 is 29.4 Å². The molecule has 4 N–H and O–H groups in total. The molecular formula is C54H49BBr2IN11O6. The number of benzene rings is 4. The first kappa shape index (κ1) is 56.3. The summed E-state index contributed by atoms with van der Waals surface area (Å²) in [7, 11) is 3.60. The SMILES string of the molecule is Brc1cn[nH]c1.COc1cccc(-n2cc(-c3ccncc3)cn2)c1.COc1cccc(-n2cc(Br)cn2)c1.COc1cccc(I)c1.OB(O)c1ccncc1.Oc1cccc(-n2cc(-c3ccncc3)cn2)c1. The van der Waals surface area contributed by atoms with Crippen LogP contribution in [-0.2, 0) is 0 Å². The van der Waals surface area contributed by atoms with Crippen molar-refractivity contribution in [3.63, 3.8) is 0 Å². The number of hydrogen-bond acceptors (Lipinski definition) is 13. The molecule has 21 heteroatoms. The van der Waals surface area contributed by atoms with Crippen LogP contribution in [0.3, 0.4) is 0 Å². The molecule has 11 rings (SSSR count). The predicted octanol–water partition coefficient (Wildman–Crippen LogP) is 10.5. The van der Waals surface area contributed by atoms with E-state index >= 15 is 0 Å². The zero-order valence-electron chi connectivity index (χ0n) is 40.5. The summed E-state index contributed by atoms with van der Waals surface area (Å²) in [5.74, 6) is 2.79. The fourth-order valence-electron chi connectivity index (χ4n) is 6.26. The van der Waals surface area contributed by atoms with Gasteiger partial charge in [0.1, 0.15) is 23.0 Å². The maximum Gasteiger partial charge on any atom is 0.488 e. The highest BCUT2D eigenvalue weighted by molar-refractivity contribution is 14.1. The van der Waals surface area contributed by atoms with Gasteiger partial charge in [0.2, 0.25) is 0 Å². The molecule has 0 radical (unpaired) electrons. The zero-order valence-corrected chi connectivity index (χ0v) is 45.9. The molecule has 4 aromatic carbocycles. The van der Waals surface area contributed by atoms with E-state index in [1.807, 2.05) is 133 Å². The van der Waals surface area contributed by atoms with Gasteiger partial charge < -0.3 is 29.4 Å². The lowest BCUT2D eigenvalue weighted by Gasteiger charge is -2.03. The first-order valence-corrected chi connectivity index (χ1v) is 25.1. The van der Waals surface area contributed by atoms with Gasteiger partial charge in [-0.2, -0.15) is 20.4 Å².